The van der Waals surface area contributed by atoms with Crippen molar-refractivity contribution >= 4 is 0 Å². The lowest BCUT2D eigenvalue weighted by atomic mass is 10.2. The zero-order valence-electron chi connectivity index (χ0n) is 9.28. The van der Waals surface area contributed by atoms with Gasteiger partial charge in [-0.3, -0.25) is 9.80 Å². The third-order valence-corrected chi connectivity index (χ3v) is 2.93. The third kappa shape index (κ3) is 3.92. The number of rotatable bonds is 5. The molecule has 0 aromatic heterocycles. The number of hydrogen-bond acceptors (Lipinski definition) is 4. The molecule has 0 aromatic carbocycles. The van der Waals surface area contributed by atoms with Gasteiger partial charge < -0.3 is 11.5 Å². The van der Waals surface area contributed by atoms with Crippen molar-refractivity contribution < 1.29 is 0 Å². The topological polar surface area (TPSA) is 58.5 Å². The van der Waals surface area contributed by atoms with Crippen molar-refractivity contribution in [2.24, 2.45) is 11.5 Å². The molecule has 1 unspecified atom stereocenters. The van der Waals surface area contributed by atoms with E-state index in [9.17, 15) is 0 Å². The predicted octanol–water partition coefficient (Wildman–Crippen LogP) is -0.700. The zero-order chi connectivity index (χ0) is 10.4. The Kier molecular flexibility index (Phi) is 5.40. The number of nitrogens with two attached hydrogens (primary N) is 2. The van der Waals surface area contributed by atoms with Crippen LogP contribution in [0.1, 0.15) is 13.3 Å². The summed E-state index contributed by atoms with van der Waals surface area (Å²) in [5.41, 5.74) is 11.4. The molecule has 84 valence electrons. The summed E-state index contributed by atoms with van der Waals surface area (Å²) in [6, 6.07) is 0.344. The Labute approximate surface area is 87.2 Å². The van der Waals surface area contributed by atoms with Crippen molar-refractivity contribution in [3.05, 3.63) is 0 Å². The minimum Gasteiger partial charge on any atom is -0.329 e. The van der Waals surface area contributed by atoms with Gasteiger partial charge in [0.05, 0.1) is 0 Å². The van der Waals surface area contributed by atoms with Gasteiger partial charge >= 0.3 is 0 Å². The first kappa shape index (κ1) is 11.9. The van der Waals surface area contributed by atoms with Crippen molar-refractivity contribution in [1.29, 1.82) is 0 Å². The molecule has 0 amide bonds. The number of nitrogens with zero attached hydrogens (tertiary/aromatic N) is 2. The van der Waals surface area contributed by atoms with Crippen LogP contribution < -0.4 is 11.5 Å². The molecule has 0 aromatic rings. The van der Waals surface area contributed by atoms with Crippen LogP contribution in [0.3, 0.4) is 0 Å². The molecule has 1 heterocycles. The normalized spacial score (nSPS) is 22.5. The van der Waals surface area contributed by atoms with Crippen LogP contribution in [0, 0.1) is 0 Å². The van der Waals surface area contributed by atoms with Crippen LogP contribution in [-0.2, 0) is 0 Å². The smallest absolute Gasteiger partial charge is 0.0165 e. The van der Waals surface area contributed by atoms with E-state index in [0.29, 0.717) is 6.04 Å². The minimum absolute atomic E-state index is 0.344. The van der Waals surface area contributed by atoms with Gasteiger partial charge in [-0.2, -0.15) is 0 Å². The van der Waals surface area contributed by atoms with E-state index in [-0.39, 0.29) is 0 Å². The zero-order valence-corrected chi connectivity index (χ0v) is 9.28. The first-order valence-electron chi connectivity index (χ1n) is 5.66. The van der Waals surface area contributed by atoms with Gasteiger partial charge in [-0.15, -0.1) is 0 Å². The largest absolute Gasteiger partial charge is 0.329 e. The van der Waals surface area contributed by atoms with E-state index in [0.717, 1.165) is 52.2 Å². The molecule has 0 bridgehead atoms. The maximum absolute atomic E-state index is 5.92. The summed E-state index contributed by atoms with van der Waals surface area (Å²) in [4.78, 5) is 4.88. The second-order valence-electron chi connectivity index (χ2n) is 4.10. The molecule has 1 atom stereocenters. The van der Waals surface area contributed by atoms with Crippen molar-refractivity contribution in [3.63, 3.8) is 0 Å². The fourth-order valence-electron chi connectivity index (χ4n) is 1.84. The van der Waals surface area contributed by atoms with E-state index >= 15 is 0 Å². The summed E-state index contributed by atoms with van der Waals surface area (Å²) in [5, 5.41) is 0. The highest BCUT2D eigenvalue weighted by Crippen LogP contribution is 2.02. The fraction of sp³-hybridized carbons (Fsp3) is 1.00. The highest BCUT2D eigenvalue weighted by molar-refractivity contribution is 4.75. The van der Waals surface area contributed by atoms with Crippen molar-refractivity contribution in [3.8, 4) is 0 Å². The fourth-order valence-corrected chi connectivity index (χ4v) is 1.84. The SMILES string of the molecule is CCC(N)CN1CCN(CCN)CC1. The van der Waals surface area contributed by atoms with Crippen molar-refractivity contribution in [2.75, 3.05) is 45.8 Å². The van der Waals surface area contributed by atoms with E-state index in [2.05, 4.69) is 16.7 Å². The summed E-state index contributed by atoms with van der Waals surface area (Å²) in [6.45, 7) is 9.59. The average molecular weight is 200 g/mol. The number of hydrogen-bond donors (Lipinski definition) is 2. The van der Waals surface area contributed by atoms with Gasteiger partial charge in [0.2, 0.25) is 0 Å². The molecule has 0 saturated carbocycles. The maximum Gasteiger partial charge on any atom is 0.0165 e. The van der Waals surface area contributed by atoms with Gasteiger partial charge in [0.1, 0.15) is 0 Å². The van der Waals surface area contributed by atoms with Crippen molar-refractivity contribution in [1.82, 2.24) is 9.80 Å². The lowest BCUT2D eigenvalue weighted by Gasteiger charge is -2.35. The summed E-state index contributed by atoms with van der Waals surface area (Å²) in [6.07, 6.45) is 1.07. The Bertz CT molecular complexity index is 143. The molecule has 4 N–H and O–H groups in total. The summed E-state index contributed by atoms with van der Waals surface area (Å²) in [7, 11) is 0. The third-order valence-electron chi connectivity index (χ3n) is 2.93. The Balaban J connectivity index is 2.15. The van der Waals surface area contributed by atoms with Gasteiger partial charge in [-0.25, -0.2) is 0 Å². The van der Waals surface area contributed by atoms with E-state index < -0.39 is 0 Å². The molecule has 14 heavy (non-hydrogen) atoms. The van der Waals surface area contributed by atoms with Crippen LogP contribution >= 0.6 is 0 Å². The summed E-state index contributed by atoms with van der Waals surface area (Å²) < 4.78 is 0. The van der Waals surface area contributed by atoms with Crippen LogP contribution in [-0.4, -0.2) is 61.7 Å². The Hall–Kier alpha value is -0.160. The Morgan fingerprint density at radius 1 is 1.14 bits per heavy atom. The highest BCUT2D eigenvalue weighted by atomic mass is 15.3. The van der Waals surface area contributed by atoms with Gasteiger partial charge in [-0.05, 0) is 6.42 Å². The van der Waals surface area contributed by atoms with Crippen molar-refractivity contribution in [2.45, 2.75) is 19.4 Å². The molecule has 1 fully saturated rings. The van der Waals surface area contributed by atoms with Gasteiger partial charge in [0, 0.05) is 51.9 Å². The van der Waals surface area contributed by atoms with Crippen LogP contribution in [0.15, 0.2) is 0 Å². The molecule has 0 radical (unpaired) electrons. The Morgan fingerprint density at radius 2 is 1.71 bits per heavy atom. The molecule has 1 saturated heterocycles. The lowest BCUT2D eigenvalue weighted by molar-refractivity contribution is 0.129. The molecule has 1 aliphatic heterocycles. The maximum atomic E-state index is 5.92. The standard InChI is InChI=1S/C10H24N4/c1-2-10(12)9-14-7-5-13(4-3-11)6-8-14/h10H,2-9,11-12H2,1H3. The minimum atomic E-state index is 0.344. The first-order valence-corrected chi connectivity index (χ1v) is 5.66. The molecule has 4 heteroatoms. The molecular formula is C10H24N4. The second kappa shape index (κ2) is 6.35. The average Bonchev–Trinajstić information content (AvgIpc) is 2.21. The summed E-state index contributed by atoms with van der Waals surface area (Å²) >= 11 is 0. The summed E-state index contributed by atoms with van der Waals surface area (Å²) in [5.74, 6) is 0. The van der Waals surface area contributed by atoms with E-state index in [4.69, 9.17) is 11.5 Å². The Morgan fingerprint density at radius 3 is 2.21 bits per heavy atom. The van der Waals surface area contributed by atoms with E-state index in [1.54, 1.807) is 0 Å². The second-order valence-corrected chi connectivity index (χ2v) is 4.10. The lowest BCUT2D eigenvalue weighted by Crippen LogP contribution is -2.50. The van der Waals surface area contributed by atoms with Crippen LogP contribution in [0.2, 0.25) is 0 Å². The van der Waals surface area contributed by atoms with Gasteiger partial charge in [0.15, 0.2) is 0 Å². The van der Waals surface area contributed by atoms with Crippen LogP contribution in [0.25, 0.3) is 0 Å². The first-order chi connectivity index (χ1) is 6.76. The molecule has 1 aliphatic rings. The molecule has 1 rings (SSSR count). The van der Waals surface area contributed by atoms with Gasteiger partial charge in [-0.1, -0.05) is 6.92 Å². The predicted molar refractivity (Wildman–Crippen MR) is 60.2 cm³/mol. The number of piperazine rings is 1. The molecule has 4 nitrogen and oxygen atoms in total. The van der Waals surface area contributed by atoms with Gasteiger partial charge in [0.25, 0.3) is 0 Å². The van der Waals surface area contributed by atoms with Crippen LogP contribution in [0.4, 0.5) is 0 Å². The van der Waals surface area contributed by atoms with E-state index in [1.807, 2.05) is 0 Å². The van der Waals surface area contributed by atoms with E-state index in [1.165, 1.54) is 0 Å². The molecule has 0 aliphatic carbocycles. The molecular weight excluding hydrogens is 176 g/mol. The van der Waals surface area contributed by atoms with Crippen LogP contribution in [0.5, 0.6) is 0 Å². The molecule has 0 spiro atoms. The highest BCUT2D eigenvalue weighted by Gasteiger charge is 2.17. The monoisotopic (exact) mass is 200 g/mol. The quantitative estimate of drug-likeness (QED) is 0.616.